The van der Waals surface area contributed by atoms with Gasteiger partial charge in [-0.25, -0.2) is 9.97 Å². The molecule has 1 aromatic carbocycles. The molecule has 0 aliphatic rings. The number of aromatic nitrogens is 2. The van der Waals surface area contributed by atoms with Gasteiger partial charge in [0, 0.05) is 19.4 Å². The molecule has 26 heavy (non-hydrogen) atoms. The van der Waals surface area contributed by atoms with Gasteiger partial charge in [0.1, 0.15) is 6.54 Å². The van der Waals surface area contributed by atoms with Crippen molar-refractivity contribution >= 4 is 58.3 Å². The Kier molecular flexibility index (Phi) is 7.02. The van der Waals surface area contributed by atoms with Gasteiger partial charge in [-0.3, -0.25) is 9.59 Å². The van der Waals surface area contributed by atoms with Gasteiger partial charge in [-0.2, -0.15) is 0 Å². The molecule has 0 spiro atoms. The van der Waals surface area contributed by atoms with Crippen LogP contribution in [0, 0.1) is 0 Å². The number of halogens is 3. The summed E-state index contributed by atoms with van der Waals surface area (Å²) in [5, 5.41) is 3.25. The van der Waals surface area contributed by atoms with E-state index in [-0.39, 0.29) is 27.3 Å². The van der Waals surface area contributed by atoms with E-state index in [0.717, 1.165) is 0 Å². The largest absolute Gasteiger partial charge is 0.451 e. The summed E-state index contributed by atoms with van der Waals surface area (Å²) in [7, 11) is 1.64. The van der Waals surface area contributed by atoms with Crippen LogP contribution in [0.5, 0.6) is 0 Å². The number of hydrogen-bond donors (Lipinski definition) is 1. The highest BCUT2D eigenvalue weighted by Crippen LogP contribution is 2.32. The summed E-state index contributed by atoms with van der Waals surface area (Å²) < 4.78 is 5.12. The fraction of sp³-hybridized carbons (Fsp3) is 0.250. The van der Waals surface area contributed by atoms with Crippen LogP contribution in [0.15, 0.2) is 30.6 Å². The van der Waals surface area contributed by atoms with E-state index in [0.29, 0.717) is 5.95 Å². The number of nitrogens with one attached hydrogen (secondary N) is 1. The van der Waals surface area contributed by atoms with E-state index in [2.05, 4.69) is 15.3 Å². The predicted octanol–water partition coefficient (Wildman–Crippen LogP) is 3.44. The zero-order valence-corrected chi connectivity index (χ0v) is 16.1. The Hall–Kier alpha value is -2.09. The molecule has 2 aromatic rings. The van der Waals surface area contributed by atoms with Crippen molar-refractivity contribution in [2.45, 2.75) is 13.0 Å². The minimum absolute atomic E-state index is 0.116. The first-order valence-electron chi connectivity index (χ1n) is 7.41. The molecule has 0 fully saturated rings. The molecule has 7 nitrogen and oxygen atoms in total. The van der Waals surface area contributed by atoms with Crippen LogP contribution in [0.1, 0.15) is 6.92 Å². The quantitative estimate of drug-likeness (QED) is 0.572. The van der Waals surface area contributed by atoms with Gasteiger partial charge >= 0.3 is 5.97 Å². The number of nitrogens with zero attached hydrogens (tertiary/aromatic N) is 3. The predicted molar refractivity (Wildman–Crippen MR) is 101 cm³/mol. The molecule has 1 heterocycles. The maximum absolute atomic E-state index is 12.2. The van der Waals surface area contributed by atoms with E-state index >= 15 is 0 Å². The molecular formula is C16H15Cl3N4O3. The number of rotatable bonds is 6. The zero-order chi connectivity index (χ0) is 19.3. The van der Waals surface area contributed by atoms with Crippen LogP contribution in [-0.2, 0) is 14.3 Å². The van der Waals surface area contributed by atoms with Gasteiger partial charge in [0.2, 0.25) is 5.95 Å². The van der Waals surface area contributed by atoms with Crippen molar-refractivity contribution in [1.29, 1.82) is 0 Å². The summed E-state index contributed by atoms with van der Waals surface area (Å²) in [6.45, 7) is 1.33. The van der Waals surface area contributed by atoms with Crippen LogP contribution in [0.3, 0.4) is 0 Å². The number of anilines is 2. The van der Waals surface area contributed by atoms with Gasteiger partial charge in [-0.1, -0.05) is 34.8 Å². The lowest BCUT2D eigenvalue weighted by atomic mass is 10.3. The highest BCUT2D eigenvalue weighted by Gasteiger charge is 2.20. The smallest absolute Gasteiger partial charge is 0.326 e. The number of carbonyl (C=O) groups excluding carboxylic acids is 2. The molecular weight excluding hydrogens is 403 g/mol. The fourth-order valence-corrected chi connectivity index (χ4v) is 2.49. The normalized spacial score (nSPS) is 11.6. The van der Waals surface area contributed by atoms with Crippen molar-refractivity contribution < 1.29 is 14.3 Å². The average molecular weight is 418 g/mol. The second-order valence-corrected chi connectivity index (χ2v) is 6.49. The number of benzene rings is 1. The molecule has 10 heteroatoms. The van der Waals surface area contributed by atoms with Crippen molar-refractivity contribution in [3.8, 4) is 0 Å². The Bertz CT molecular complexity index is 805. The van der Waals surface area contributed by atoms with Crippen LogP contribution in [0.2, 0.25) is 15.1 Å². The molecule has 0 saturated heterocycles. The van der Waals surface area contributed by atoms with Crippen LogP contribution < -0.4 is 10.2 Å². The first-order valence-corrected chi connectivity index (χ1v) is 8.54. The van der Waals surface area contributed by atoms with E-state index in [1.54, 1.807) is 25.5 Å². The fourth-order valence-electron chi connectivity index (χ4n) is 1.89. The minimum Gasteiger partial charge on any atom is -0.451 e. The maximum Gasteiger partial charge on any atom is 0.326 e. The maximum atomic E-state index is 12.2. The van der Waals surface area contributed by atoms with Crippen LogP contribution in [0.4, 0.5) is 11.6 Å². The highest BCUT2D eigenvalue weighted by molar-refractivity contribution is 6.44. The lowest BCUT2D eigenvalue weighted by molar-refractivity contribution is -0.151. The van der Waals surface area contributed by atoms with Crippen LogP contribution in [-0.4, -0.2) is 41.5 Å². The Morgan fingerprint density at radius 1 is 1.15 bits per heavy atom. The average Bonchev–Trinajstić information content (AvgIpc) is 2.60. The van der Waals surface area contributed by atoms with Gasteiger partial charge in [-0.15, -0.1) is 0 Å². The van der Waals surface area contributed by atoms with Gasteiger partial charge in [0.05, 0.1) is 20.8 Å². The molecule has 2 rings (SSSR count). The van der Waals surface area contributed by atoms with Crippen LogP contribution >= 0.6 is 34.8 Å². The van der Waals surface area contributed by atoms with Gasteiger partial charge in [0.15, 0.2) is 6.10 Å². The summed E-state index contributed by atoms with van der Waals surface area (Å²) >= 11 is 17.8. The van der Waals surface area contributed by atoms with Gasteiger partial charge in [0.25, 0.3) is 5.91 Å². The molecule has 0 bridgehead atoms. The van der Waals surface area contributed by atoms with E-state index in [9.17, 15) is 9.59 Å². The molecule has 1 aromatic heterocycles. The third-order valence-electron chi connectivity index (χ3n) is 3.21. The van der Waals surface area contributed by atoms with Crippen molar-refractivity contribution in [2.24, 2.45) is 0 Å². The highest BCUT2D eigenvalue weighted by atomic mass is 35.5. The molecule has 0 saturated carbocycles. The zero-order valence-electron chi connectivity index (χ0n) is 13.9. The third-order valence-corrected chi connectivity index (χ3v) is 4.24. The molecule has 0 radical (unpaired) electrons. The SMILES string of the molecule is CC(OC(=O)CN(C)c1ncccn1)C(=O)Nc1cc(Cl)c(Cl)cc1Cl. The second kappa shape index (κ2) is 9.02. The standard InChI is InChI=1S/C16H15Cl3N4O3/c1-9(15(25)22-13-7-11(18)10(17)6-12(13)19)26-14(24)8-23(2)16-20-4-3-5-21-16/h3-7,9H,8H2,1-2H3,(H,22,25). The summed E-state index contributed by atoms with van der Waals surface area (Å²) in [5.41, 5.74) is 0.267. The van der Waals surface area contributed by atoms with Crippen LogP contribution in [0.25, 0.3) is 0 Å². The van der Waals surface area contributed by atoms with Crippen molar-refractivity contribution in [2.75, 3.05) is 23.8 Å². The summed E-state index contributed by atoms with van der Waals surface area (Å²) in [5.74, 6) is -0.802. The number of carbonyl (C=O) groups is 2. The van der Waals surface area contributed by atoms with Crippen molar-refractivity contribution in [3.05, 3.63) is 45.7 Å². The monoisotopic (exact) mass is 416 g/mol. The lowest BCUT2D eigenvalue weighted by Gasteiger charge is -2.18. The molecule has 1 unspecified atom stereocenters. The lowest BCUT2D eigenvalue weighted by Crippen LogP contribution is -2.35. The molecule has 138 valence electrons. The van der Waals surface area contributed by atoms with E-state index in [1.807, 2.05) is 0 Å². The van der Waals surface area contributed by atoms with Crippen molar-refractivity contribution in [1.82, 2.24) is 9.97 Å². The first-order chi connectivity index (χ1) is 12.3. The molecule has 1 amide bonds. The second-order valence-electron chi connectivity index (χ2n) is 5.27. The van der Waals surface area contributed by atoms with E-state index < -0.39 is 18.0 Å². The molecule has 1 atom stereocenters. The Balaban J connectivity index is 1.92. The topological polar surface area (TPSA) is 84.4 Å². The Morgan fingerprint density at radius 2 is 1.77 bits per heavy atom. The Morgan fingerprint density at radius 3 is 2.42 bits per heavy atom. The first kappa shape index (κ1) is 20.2. The summed E-state index contributed by atoms with van der Waals surface area (Å²) in [4.78, 5) is 33.7. The van der Waals surface area contributed by atoms with Gasteiger partial charge < -0.3 is 15.0 Å². The minimum atomic E-state index is -1.04. The summed E-state index contributed by atoms with van der Waals surface area (Å²) in [6, 6.07) is 4.49. The van der Waals surface area contributed by atoms with Gasteiger partial charge in [-0.05, 0) is 25.1 Å². The number of hydrogen-bond acceptors (Lipinski definition) is 6. The number of ether oxygens (including phenoxy) is 1. The third kappa shape index (κ3) is 5.45. The molecule has 1 N–H and O–H groups in total. The number of amides is 1. The van der Waals surface area contributed by atoms with Crippen molar-refractivity contribution in [3.63, 3.8) is 0 Å². The summed E-state index contributed by atoms with van der Waals surface area (Å²) in [6.07, 6.45) is 2.07. The molecule has 0 aliphatic heterocycles. The van der Waals surface area contributed by atoms with E-state index in [1.165, 1.54) is 24.0 Å². The van der Waals surface area contributed by atoms with E-state index in [4.69, 9.17) is 39.5 Å². The number of esters is 1. The Labute approximate surface area is 165 Å². The number of likely N-dealkylation sites (N-methyl/N-ethyl adjacent to an activating group) is 1. The molecule has 0 aliphatic carbocycles.